The zero-order chi connectivity index (χ0) is 28.7. The molecule has 1 aromatic heterocycles. The highest BCUT2D eigenvalue weighted by molar-refractivity contribution is 5.97. The number of aromatic nitrogens is 1. The molecule has 0 saturated heterocycles. The Labute approximate surface area is 233 Å². The minimum Gasteiger partial charge on any atom is -0.497 e. The van der Waals surface area contributed by atoms with Gasteiger partial charge in [-0.25, -0.2) is 0 Å². The molecule has 7 heteroatoms. The fourth-order valence-electron chi connectivity index (χ4n) is 4.64. The summed E-state index contributed by atoms with van der Waals surface area (Å²) in [6, 6.07) is 17.6. The van der Waals surface area contributed by atoms with Crippen LogP contribution in [0.2, 0.25) is 0 Å². The van der Waals surface area contributed by atoms with Crippen molar-refractivity contribution in [2.24, 2.45) is 5.92 Å². The van der Waals surface area contributed by atoms with Crippen molar-refractivity contribution in [1.29, 1.82) is 0 Å². The molecule has 0 N–H and O–H groups in total. The molecule has 0 spiro atoms. The van der Waals surface area contributed by atoms with E-state index in [1.807, 2.05) is 51.8 Å². The maximum absolute atomic E-state index is 13.9. The first-order valence-electron chi connectivity index (χ1n) is 13.4. The Morgan fingerprint density at radius 2 is 1.62 bits per heavy atom. The number of methoxy groups -OCH3 is 2. The Balaban J connectivity index is 1.86. The SMILES string of the molecule is COc1cc(OC)cc(C(=O)N(CC(=O)N(Cc2cccn2Cc2cccc(C)c2)C(C)(C)C)CC(C)C)c1. The molecule has 3 aromatic rings. The Morgan fingerprint density at radius 3 is 2.18 bits per heavy atom. The fourth-order valence-corrected chi connectivity index (χ4v) is 4.64. The van der Waals surface area contributed by atoms with Crippen molar-refractivity contribution in [3.8, 4) is 11.5 Å². The van der Waals surface area contributed by atoms with E-state index in [4.69, 9.17) is 9.47 Å². The average molecular weight is 534 g/mol. The molecule has 0 fully saturated rings. The maximum Gasteiger partial charge on any atom is 0.254 e. The third-order valence-corrected chi connectivity index (χ3v) is 6.59. The summed E-state index contributed by atoms with van der Waals surface area (Å²) in [6.45, 7) is 13.8. The van der Waals surface area contributed by atoms with Crippen LogP contribution in [0.4, 0.5) is 0 Å². The van der Waals surface area contributed by atoms with Gasteiger partial charge in [0.15, 0.2) is 0 Å². The highest BCUT2D eigenvalue weighted by Gasteiger charge is 2.30. The van der Waals surface area contributed by atoms with Crippen LogP contribution in [0.5, 0.6) is 11.5 Å². The second-order valence-electron chi connectivity index (χ2n) is 11.4. The molecule has 3 rings (SSSR count). The van der Waals surface area contributed by atoms with E-state index in [1.54, 1.807) is 37.3 Å². The molecule has 1 heterocycles. The quantitative estimate of drug-likeness (QED) is 0.313. The van der Waals surface area contributed by atoms with Gasteiger partial charge in [-0.3, -0.25) is 9.59 Å². The van der Waals surface area contributed by atoms with Crippen molar-refractivity contribution in [3.63, 3.8) is 0 Å². The molecule has 0 aliphatic carbocycles. The van der Waals surface area contributed by atoms with Crippen LogP contribution in [0.25, 0.3) is 0 Å². The second kappa shape index (κ2) is 12.9. The van der Waals surface area contributed by atoms with Gasteiger partial charge >= 0.3 is 0 Å². The minimum absolute atomic E-state index is 0.0214. The van der Waals surface area contributed by atoms with E-state index in [0.717, 1.165) is 12.2 Å². The Morgan fingerprint density at radius 1 is 0.949 bits per heavy atom. The van der Waals surface area contributed by atoms with Gasteiger partial charge in [-0.15, -0.1) is 0 Å². The number of carbonyl (C=O) groups is 2. The largest absolute Gasteiger partial charge is 0.497 e. The summed E-state index contributed by atoms with van der Waals surface area (Å²) in [7, 11) is 3.10. The van der Waals surface area contributed by atoms with Gasteiger partial charge in [0.05, 0.1) is 20.8 Å². The lowest BCUT2D eigenvalue weighted by molar-refractivity contribution is -0.137. The van der Waals surface area contributed by atoms with Crippen LogP contribution in [-0.2, 0) is 17.9 Å². The van der Waals surface area contributed by atoms with Gasteiger partial charge in [0.25, 0.3) is 5.91 Å². The van der Waals surface area contributed by atoms with E-state index in [9.17, 15) is 9.59 Å². The molecule has 39 heavy (non-hydrogen) atoms. The lowest BCUT2D eigenvalue weighted by Crippen LogP contribution is -2.50. The zero-order valence-corrected chi connectivity index (χ0v) is 24.7. The van der Waals surface area contributed by atoms with Crippen LogP contribution >= 0.6 is 0 Å². The van der Waals surface area contributed by atoms with Gasteiger partial charge in [0.2, 0.25) is 5.91 Å². The van der Waals surface area contributed by atoms with E-state index in [1.165, 1.54) is 11.1 Å². The van der Waals surface area contributed by atoms with E-state index in [-0.39, 0.29) is 24.3 Å². The van der Waals surface area contributed by atoms with Crippen molar-refractivity contribution in [3.05, 3.63) is 83.2 Å². The third kappa shape index (κ3) is 8.12. The lowest BCUT2D eigenvalue weighted by Gasteiger charge is -2.38. The summed E-state index contributed by atoms with van der Waals surface area (Å²) in [5, 5.41) is 0. The van der Waals surface area contributed by atoms with E-state index in [0.29, 0.717) is 30.2 Å². The van der Waals surface area contributed by atoms with Crippen molar-refractivity contribution >= 4 is 11.8 Å². The molecular weight excluding hydrogens is 490 g/mol. The molecule has 2 aromatic carbocycles. The predicted octanol–water partition coefficient (Wildman–Crippen LogP) is 5.79. The summed E-state index contributed by atoms with van der Waals surface area (Å²) < 4.78 is 12.9. The van der Waals surface area contributed by atoms with Gasteiger partial charge in [-0.05, 0) is 63.4 Å². The fraction of sp³-hybridized carbons (Fsp3) is 0.438. The lowest BCUT2D eigenvalue weighted by atomic mass is 10.0. The van der Waals surface area contributed by atoms with Crippen LogP contribution in [0.15, 0.2) is 60.8 Å². The molecule has 0 radical (unpaired) electrons. The molecule has 0 aliphatic rings. The Hall–Kier alpha value is -3.74. The monoisotopic (exact) mass is 533 g/mol. The highest BCUT2D eigenvalue weighted by atomic mass is 16.5. The summed E-state index contributed by atoms with van der Waals surface area (Å²) in [6.07, 6.45) is 2.05. The normalized spacial score (nSPS) is 11.4. The molecule has 7 nitrogen and oxygen atoms in total. The van der Waals surface area contributed by atoms with Crippen LogP contribution in [-0.4, -0.2) is 59.0 Å². The third-order valence-electron chi connectivity index (χ3n) is 6.59. The molecule has 2 amide bonds. The average Bonchev–Trinajstić information content (AvgIpc) is 3.31. The number of carbonyl (C=O) groups excluding carboxylic acids is 2. The van der Waals surface area contributed by atoms with E-state index < -0.39 is 5.54 Å². The standard InChI is InChI=1S/C32H43N3O4/c1-23(2)19-34(31(37)26-16-28(38-7)18-29(17-26)39-8)22-30(36)35(32(4,5)6)21-27-13-10-14-33(27)20-25-12-9-11-24(3)15-25/h9-18,23H,19-22H2,1-8H3. The second-order valence-corrected chi connectivity index (χ2v) is 11.4. The highest BCUT2D eigenvalue weighted by Crippen LogP contribution is 2.25. The number of benzene rings is 2. The van der Waals surface area contributed by atoms with Gasteiger partial charge in [0.1, 0.15) is 18.0 Å². The van der Waals surface area contributed by atoms with Gasteiger partial charge < -0.3 is 23.8 Å². The number of aryl methyl sites for hydroxylation is 1. The van der Waals surface area contributed by atoms with Crippen LogP contribution < -0.4 is 9.47 Å². The number of hydrogen-bond donors (Lipinski definition) is 0. The molecule has 0 unspecified atom stereocenters. The molecule has 210 valence electrons. The summed E-state index contributed by atoms with van der Waals surface area (Å²) in [5.41, 5.74) is 3.45. The summed E-state index contributed by atoms with van der Waals surface area (Å²) >= 11 is 0. The number of amides is 2. The van der Waals surface area contributed by atoms with Crippen molar-refractivity contribution in [2.45, 2.75) is 60.2 Å². The van der Waals surface area contributed by atoms with Crippen LogP contribution in [0.3, 0.4) is 0 Å². The number of ether oxygens (including phenoxy) is 2. The summed E-state index contributed by atoms with van der Waals surface area (Å²) in [4.78, 5) is 31.0. The number of rotatable bonds is 11. The molecule has 0 aliphatic heterocycles. The van der Waals surface area contributed by atoms with Crippen molar-refractivity contribution in [1.82, 2.24) is 14.4 Å². The van der Waals surface area contributed by atoms with E-state index in [2.05, 4.69) is 41.8 Å². The number of nitrogens with zero attached hydrogens (tertiary/aromatic N) is 3. The molecule has 0 atom stereocenters. The Kier molecular flexibility index (Phi) is 9.84. The summed E-state index contributed by atoms with van der Waals surface area (Å²) in [5.74, 6) is 0.905. The first-order chi connectivity index (χ1) is 18.4. The first-order valence-corrected chi connectivity index (χ1v) is 13.4. The maximum atomic E-state index is 13.9. The van der Waals surface area contributed by atoms with Crippen molar-refractivity contribution in [2.75, 3.05) is 27.3 Å². The van der Waals surface area contributed by atoms with Crippen molar-refractivity contribution < 1.29 is 19.1 Å². The minimum atomic E-state index is -0.443. The smallest absolute Gasteiger partial charge is 0.254 e. The van der Waals surface area contributed by atoms with Crippen LogP contribution in [0, 0.1) is 12.8 Å². The molecule has 0 saturated carbocycles. The first kappa shape index (κ1) is 29.8. The molecular formula is C32H43N3O4. The zero-order valence-electron chi connectivity index (χ0n) is 24.7. The Bertz CT molecular complexity index is 1250. The van der Waals surface area contributed by atoms with Gasteiger partial charge in [-0.1, -0.05) is 43.7 Å². The van der Waals surface area contributed by atoms with Gasteiger partial charge in [-0.2, -0.15) is 0 Å². The van der Waals surface area contributed by atoms with Crippen LogP contribution in [0.1, 0.15) is 61.8 Å². The van der Waals surface area contributed by atoms with Gasteiger partial charge in [0, 0.05) is 42.1 Å². The molecule has 0 bridgehead atoms. The number of hydrogen-bond acceptors (Lipinski definition) is 4. The predicted molar refractivity (Wildman–Crippen MR) is 155 cm³/mol. The topological polar surface area (TPSA) is 64.0 Å². The van der Waals surface area contributed by atoms with E-state index >= 15 is 0 Å².